The minimum atomic E-state index is -0.0656. The molecule has 0 aliphatic carbocycles. The number of hydrogen-bond donors (Lipinski definition) is 2. The van der Waals surface area contributed by atoms with Gasteiger partial charge in [-0.2, -0.15) is 0 Å². The summed E-state index contributed by atoms with van der Waals surface area (Å²) in [7, 11) is 0. The normalized spacial score (nSPS) is 17.8. The minimum absolute atomic E-state index is 0.0656. The van der Waals surface area contributed by atoms with E-state index in [2.05, 4.69) is 77.9 Å². The number of rotatable bonds is 2. The van der Waals surface area contributed by atoms with Gasteiger partial charge in [0.2, 0.25) is 0 Å². The van der Waals surface area contributed by atoms with Crippen LogP contribution in [0.4, 0.5) is 0 Å². The molecule has 0 radical (unpaired) electrons. The third-order valence-corrected chi connectivity index (χ3v) is 5.61. The smallest absolute Gasteiger partial charge is 0.128 e. The van der Waals surface area contributed by atoms with Gasteiger partial charge in [0.25, 0.3) is 0 Å². The van der Waals surface area contributed by atoms with Crippen LogP contribution in [0.25, 0.3) is 0 Å². The lowest BCUT2D eigenvalue weighted by atomic mass is 9.79. The summed E-state index contributed by atoms with van der Waals surface area (Å²) in [6.07, 6.45) is 1.12. The van der Waals surface area contributed by atoms with Crippen molar-refractivity contribution in [2.24, 2.45) is 0 Å². The van der Waals surface area contributed by atoms with E-state index in [1.54, 1.807) is 0 Å². The molecule has 140 valence electrons. The van der Waals surface area contributed by atoms with Gasteiger partial charge in [-0.1, -0.05) is 71.9 Å². The molecule has 0 bridgehead atoms. The molecule has 1 aliphatic rings. The third kappa shape index (κ3) is 3.96. The van der Waals surface area contributed by atoms with Crippen LogP contribution in [0.2, 0.25) is 0 Å². The summed E-state index contributed by atoms with van der Waals surface area (Å²) < 4.78 is 0. The van der Waals surface area contributed by atoms with Crippen molar-refractivity contribution in [3.05, 3.63) is 64.2 Å². The van der Waals surface area contributed by atoms with E-state index >= 15 is 0 Å². The maximum Gasteiger partial charge on any atom is 0.128 e. The molecule has 0 fully saturated rings. The van der Waals surface area contributed by atoms with Gasteiger partial charge in [-0.05, 0) is 28.0 Å². The van der Waals surface area contributed by atoms with Crippen LogP contribution in [0.15, 0.2) is 36.4 Å². The lowest BCUT2D eigenvalue weighted by Gasteiger charge is -2.30. The fourth-order valence-electron chi connectivity index (χ4n) is 3.90. The van der Waals surface area contributed by atoms with Crippen LogP contribution in [-0.4, -0.2) is 11.7 Å². The Bertz CT molecular complexity index is 793. The maximum atomic E-state index is 11.0. The number of phenolic OH excluding ortho intramolecular Hbond substituents is 1. The standard InChI is InChI=1S/C24H33NO/c1-23(2,3)20-13-19(22(26)21(14-20)24(4,5)6)16-25-12-11-17-9-7-8-10-18(17)15-25/h7-10,13-14,26H,11-12,15-16H2,1-6H3/p+1. The molecule has 2 aromatic carbocycles. The second-order valence-electron chi connectivity index (χ2n) is 9.90. The van der Waals surface area contributed by atoms with Crippen molar-refractivity contribution in [2.45, 2.75) is 71.9 Å². The van der Waals surface area contributed by atoms with Gasteiger partial charge >= 0.3 is 0 Å². The van der Waals surface area contributed by atoms with E-state index in [-0.39, 0.29) is 10.8 Å². The first-order valence-corrected chi connectivity index (χ1v) is 9.83. The highest BCUT2D eigenvalue weighted by Gasteiger charge is 2.27. The third-order valence-electron chi connectivity index (χ3n) is 5.61. The fraction of sp³-hybridized carbons (Fsp3) is 0.500. The fourth-order valence-corrected chi connectivity index (χ4v) is 3.90. The molecule has 26 heavy (non-hydrogen) atoms. The molecule has 0 spiro atoms. The van der Waals surface area contributed by atoms with Crippen LogP contribution in [0.1, 0.15) is 69.4 Å². The van der Waals surface area contributed by atoms with Crippen LogP contribution in [0.5, 0.6) is 5.75 Å². The van der Waals surface area contributed by atoms with Gasteiger partial charge < -0.3 is 10.0 Å². The quantitative estimate of drug-likeness (QED) is 0.835. The van der Waals surface area contributed by atoms with E-state index in [9.17, 15) is 5.11 Å². The van der Waals surface area contributed by atoms with Crippen molar-refractivity contribution in [2.75, 3.05) is 6.54 Å². The monoisotopic (exact) mass is 352 g/mol. The highest BCUT2D eigenvalue weighted by Crippen LogP contribution is 2.37. The van der Waals surface area contributed by atoms with Crippen molar-refractivity contribution in [3.8, 4) is 5.75 Å². The summed E-state index contributed by atoms with van der Waals surface area (Å²) in [5, 5.41) is 11.0. The highest BCUT2D eigenvalue weighted by atomic mass is 16.3. The van der Waals surface area contributed by atoms with E-state index in [1.807, 2.05) is 0 Å². The van der Waals surface area contributed by atoms with Crippen molar-refractivity contribution >= 4 is 0 Å². The molecule has 0 aromatic heterocycles. The second kappa shape index (κ2) is 6.74. The molecule has 0 amide bonds. The Kier molecular flexibility index (Phi) is 4.92. The van der Waals surface area contributed by atoms with Crippen LogP contribution >= 0.6 is 0 Å². The lowest BCUT2D eigenvalue weighted by Crippen LogP contribution is -3.10. The molecule has 3 rings (SSSR count). The molecule has 2 heteroatoms. The lowest BCUT2D eigenvalue weighted by molar-refractivity contribution is -0.929. The van der Waals surface area contributed by atoms with Gasteiger partial charge in [-0.15, -0.1) is 0 Å². The number of aromatic hydroxyl groups is 1. The zero-order valence-corrected chi connectivity index (χ0v) is 17.2. The van der Waals surface area contributed by atoms with E-state index in [0.29, 0.717) is 5.75 Å². The topological polar surface area (TPSA) is 24.7 Å². The Morgan fingerprint density at radius 1 is 0.923 bits per heavy atom. The van der Waals surface area contributed by atoms with Crippen molar-refractivity contribution in [1.82, 2.24) is 0 Å². The number of quaternary nitrogens is 1. The molecule has 2 N–H and O–H groups in total. The molecule has 1 aliphatic heterocycles. The summed E-state index contributed by atoms with van der Waals surface area (Å²) in [6.45, 7) is 16.3. The summed E-state index contributed by atoms with van der Waals surface area (Å²) in [5.74, 6) is 0.497. The number of hydrogen-bond acceptors (Lipinski definition) is 1. The maximum absolute atomic E-state index is 11.0. The van der Waals surface area contributed by atoms with E-state index in [0.717, 1.165) is 37.2 Å². The highest BCUT2D eigenvalue weighted by molar-refractivity contribution is 5.48. The molecule has 0 saturated carbocycles. The number of nitrogens with one attached hydrogen (secondary N) is 1. The molecule has 0 saturated heterocycles. The Morgan fingerprint density at radius 2 is 1.58 bits per heavy atom. The zero-order chi connectivity index (χ0) is 19.1. The average Bonchev–Trinajstić information content (AvgIpc) is 2.54. The van der Waals surface area contributed by atoms with Crippen LogP contribution in [-0.2, 0) is 30.3 Å². The SMILES string of the molecule is CC(C)(C)c1cc(C[NH+]2CCc3ccccc3C2)c(O)c(C(C)(C)C)c1. The molecule has 2 aromatic rings. The van der Waals surface area contributed by atoms with Gasteiger partial charge in [0.15, 0.2) is 0 Å². The Labute approximate surface area is 158 Å². The van der Waals surface area contributed by atoms with E-state index < -0.39 is 0 Å². The van der Waals surface area contributed by atoms with Gasteiger partial charge in [-0.25, -0.2) is 0 Å². The number of benzene rings is 2. The van der Waals surface area contributed by atoms with Gasteiger partial charge in [0.05, 0.1) is 6.54 Å². The molecular formula is C24H34NO+. The van der Waals surface area contributed by atoms with Crippen molar-refractivity contribution in [1.29, 1.82) is 0 Å². The van der Waals surface area contributed by atoms with Crippen LogP contribution in [0.3, 0.4) is 0 Å². The number of fused-ring (bicyclic) bond motifs is 1. The summed E-state index contributed by atoms with van der Waals surface area (Å²) in [4.78, 5) is 1.53. The average molecular weight is 353 g/mol. The molecular weight excluding hydrogens is 318 g/mol. The van der Waals surface area contributed by atoms with Gasteiger partial charge in [-0.3, -0.25) is 0 Å². The predicted octanol–water partition coefficient (Wildman–Crippen LogP) is 4.13. The zero-order valence-electron chi connectivity index (χ0n) is 17.2. The van der Waals surface area contributed by atoms with Crippen molar-refractivity contribution < 1.29 is 10.0 Å². The first-order chi connectivity index (χ1) is 12.1. The Balaban J connectivity index is 1.95. The molecule has 2 nitrogen and oxygen atoms in total. The molecule has 1 unspecified atom stereocenters. The van der Waals surface area contributed by atoms with E-state index in [4.69, 9.17) is 0 Å². The Hall–Kier alpha value is -1.80. The summed E-state index contributed by atoms with van der Waals surface area (Å²) >= 11 is 0. The van der Waals surface area contributed by atoms with Crippen LogP contribution in [0, 0.1) is 0 Å². The van der Waals surface area contributed by atoms with Crippen LogP contribution < -0.4 is 4.90 Å². The molecule has 1 atom stereocenters. The van der Waals surface area contributed by atoms with Gasteiger partial charge in [0.1, 0.15) is 18.8 Å². The largest absolute Gasteiger partial charge is 0.507 e. The first-order valence-electron chi connectivity index (χ1n) is 9.83. The second-order valence-corrected chi connectivity index (χ2v) is 9.90. The predicted molar refractivity (Wildman–Crippen MR) is 109 cm³/mol. The first kappa shape index (κ1) is 19.0. The van der Waals surface area contributed by atoms with Crippen molar-refractivity contribution in [3.63, 3.8) is 0 Å². The summed E-state index contributed by atoms with van der Waals surface area (Å²) in [6, 6.07) is 13.2. The van der Waals surface area contributed by atoms with E-state index in [1.165, 1.54) is 21.6 Å². The Morgan fingerprint density at radius 3 is 2.19 bits per heavy atom. The molecule has 1 heterocycles. The summed E-state index contributed by atoms with van der Waals surface area (Å²) in [5.41, 5.74) is 6.42. The van der Waals surface area contributed by atoms with Gasteiger partial charge in [0, 0.05) is 23.1 Å². The number of phenols is 1. The minimum Gasteiger partial charge on any atom is -0.507 e.